The topological polar surface area (TPSA) is 12.0 Å². The number of anilines is 1. The van der Waals surface area contributed by atoms with Crippen LogP contribution >= 0.6 is 11.3 Å². The summed E-state index contributed by atoms with van der Waals surface area (Å²) in [5.74, 6) is 0. The van der Waals surface area contributed by atoms with Crippen molar-refractivity contribution in [2.75, 3.05) is 5.32 Å². The Bertz CT molecular complexity index is 576. The van der Waals surface area contributed by atoms with E-state index in [9.17, 15) is 0 Å². The Morgan fingerprint density at radius 1 is 1.19 bits per heavy atom. The maximum absolute atomic E-state index is 3.73. The van der Waals surface area contributed by atoms with Gasteiger partial charge in [0.15, 0.2) is 0 Å². The fraction of sp³-hybridized carbons (Fsp3) is 0.474. The summed E-state index contributed by atoms with van der Waals surface area (Å²) >= 11 is 2.02. The van der Waals surface area contributed by atoms with Crippen LogP contribution in [0.5, 0.6) is 0 Å². The summed E-state index contributed by atoms with van der Waals surface area (Å²) in [6, 6.07) is 11.6. The molecule has 1 unspecified atom stereocenters. The van der Waals surface area contributed by atoms with Crippen LogP contribution in [0.3, 0.4) is 0 Å². The van der Waals surface area contributed by atoms with E-state index in [1.54, 1.807) is 10.4 Å². The van der Waals surface area contributed by atoms with Gasteiger partial charge in [-0.1, -0.05) is 31.5 Å². The van der Waals surface area contributed by atoms with Gasteiger partial charge < -0.3 is 5.32 Å². The summed E-state index contributed by atoms with van der Waals surface area (Å²) in [4.78, 5) is 3.12. The van der Waals surface area contributed by atoms with Crippen molar-refractivity contribution < 1.29 is 0 Å². The molecule has 0 saturated carbocycles. The molecular weight excluding hydrogens is 274 g/mol. The van der Waals surface area contributed by atoms with Gasteiger partial charge in [-0.15, -0.1) is 11.3 Å². The molecule has 2 aromatic rings. The summed E-state index contributed by atoms with van der Waals surface area (Å²) in [6.45, 7) is 4.54. The molecule has 0 radical (unpaired) electrons. The van der Waals surface area contributed by atoms with Gasteiger partial charge in [0.25, 0.3) is 0 Å². The Hall–Kier alpha value is -1.28. The Kier molecular flexibility index (Phi) is 4.64. The molecule has 0 amide bonds. The summed E-state index contributed by atoms with van der Waals surface area (Å²) in [6.07, 6.45) is 7.65. The minimum Gasteiger partial charge on any atom is -0.377 e. The number of fused-ring (bicyclic) bond motifs is 1. The van der Waals surface area contributed by atoms with Crippen molar-refractivity contribution in [2.45, 2.75) is 58.4 Å². The molecule has 1 aromatic carbocycles. The molecule has 1 aliphatic carbocycles. The van der Waals surface area contributed by atoms with E-state index in [4.69, 9.17) is 0 Å². The summed E-state index contributed by atoms with van der Waals surface area (Å²) in [5, 5.41) is 3.73. The van der Waals surface area contributed by atoms with Crippen molar-refractivity contribution in [1.82, 2.24) is 0 Å². The van der Waals surface area contributed by atoms with Gasteiger partial charge in [-0.25, -0.2) is 0 Å². The number of rotatable bonds is 5. The minimum atomic E-state index is 0.401. The molecule has 0 bridgehead atoms. The fourth-order valence-corrected chi connectivity index (χ4v) is 4.44. The van der Waals surface area contributed by atoms with Crippen LogP contribution in [0.15, 0.2) is 30.3 Å². The number of aryl methyl sites for hydroxylation is 3. The number of hydrogen-bond donors (Lipinski definition) is 1. The standard InChI is InChI=1S/C19H25NS/c1-3-8-15-9-4-6-11-17(15)20-14(2)19-13-16-10-5-7-12-18(16)21-19/h4,6,9,11,13-14,20H,3,5,7-8,10,12H2,1-2H3. The highest BCUT2D eigenvalue weighted by atomic mass is 32.1. The zero-order valence-electron chi connectivity index (χ0n) is 13.1. The Morgan fingerprint density at radius 2 is 2.00 bits per heavy atom. The van der Waals surface area contributed by atoms with E-state index in [1.807, 2.05) is 11.3 Å². The van der Waals surface area contributed by atoms with E-state index in [0.29, 0.717) is 6.04 Å². The molecule has 0 aliphatic heterocycles. The second-order valence-electron chi connectivity index (χ2n) is 6.08. The molecule has 21 heavy (non-hydrogen) atoms. The molecular formula is C19H25NS. The summed E-state index contributed by atoms with van der Waals surface area (Å²) in [7, 11) is 0. The molecule has 1 heterocycles. The van der Waals surface area contributed by atoms with Crippen LogP contribution in [0.4, 0.5) is 5.69 Å². The van der Waals surface area contributed by atoms with Crippen molar-refractivity contribution in [3.05, 3.63) is 51.2 Å². The van der Waals surface area contributed by atoms with Crippen LogP contribution in [0.25, 0.3) is 0 Å². The quantitative estimate of drug-likeness (QED) is 0.741. The maximum Gasteiger partial charge on any atom is 0.0578 e. The van der Waals surface area contributed by atoms with E-state index in [0.717, 1.165) is 6.42 Å². The first kappa shape index (κ1) is 14.6. The van der Waals surface area contributed by atoms with Gasteiger partial charge in [-0.05, 0) is 62.3 Å². The molecule has 112 valence electrons. The first-order valence-electron chi connectivity index (χ1n) is 8.24. The zero-order valence-corrected chi connectivity index (χ0v) is 13.9. The molecule has 2 heteroatoms. The van der Waals surface area contributed by atoms with E-state index < -0.39 is 0 Å². The van der Waals surface area contributed by atoms with Gasteiger partial charge in [-0.3, -0.25) is 0 Å². The molecule has 1 aromatic heterocycles. The number of benzene rings is 1. The Balaban J connectivity index is 1.77. The first-order chi connectivity index (χ1) is 10.3. The van der Waals surface area contributed by atoms with Crippen LogP contribution in [-0.4, -0.2) is 0 Å². The normalized spacial score (nSPS) is 15.5. The highest BCUT2D eigenvalue weighted by molar-refractivity contribution is 7.12. The zero-order chi connectivity index (χ0) is 14.7. The lowest BCUT2D eigenvalue weighted by atomic mass is 9.99. The largest absolute Gasteiger partial charge is 0.377 e. The number of nitrogens with one attached hydrogen (secondary N) is 1. The number of hydrogen-bond acceptors (Lipinski definition) is 2. The van der Waals surface area contributed by atoms with E-state index >= 15 is 0 Å². The predicted octanol–water partition coefficient (Wildman–Crippen LogP) is 5.75. The van der Waals surface area contributed by atoms with Crippen molar-refractivity contribution in [3.8, 4) is 0 Å². The third-order valence-electron chi connectivity index (χ3n) is 4.35. The highest BCUT2D eigenvalue weighted by Crippen LogP contribution is 2.34. The van der Waals surface area contributed by atoms with Crippen LogP contribution < -0.4 is 5.32 Å². The Labute approximate surface area is 132 Å². The third-order valence-corrected chi connectivity index (χ3v) is 5.77. The average Bonchev–Trinajstić information content (AvgIpc) is 2.93. The molecule has 0 spiro atoms. The monoisotopic (exact) mass is 299 g/mol. The van der Waals surface area contributed by atoms with Crippen LogP contribution in [0, 0.1) is 0 Å². The molecule has 3 rings (SSSR count). The lowest BCUT2D eigenvalue weighted by molar-refractivity contribution is 0.696. The first-order valence-corrected chi connectivity index (χ1v) is 9.05. The predicted molar refractivity (Wildman–Crippen MR) is 93.4 cm³/mol. The van der Waals surface area contributed by atoms with Crippen molar-refractivity contribution >= 4 is 17.0 Å². The summed E-state index contributed by atoms with van der Waals surface area (Å²) < 4.78 is 0. The van der Waals surface area contributed by atoms with Gasteiger partial charge in [-0.2, -0.15) is 0 Å². The summed E-state index contributed by atoms with van der Waals surface area (Å²) in [5.41, 5.74) is 4.35. The second kappa shape index (κ2) is 6.65. The van der Waals surface area contributed by atoms with Gasteiger partial charge in [0.1, 0.15) is 0 Å². The SMILES string of the molecule is CCCc1ccccc1NC(C)c1cc2c(s1)CCCC2. The average molecular weight is 299 g/mol. The molecule has 1 nitrogen and oxygen atoms in total. The van der Waals surface area contributed by atoms with Crippen LogP contribution in [-0.2, 0) is 19.3 Å². The molecule has 1 aliphatic rings. The molecule has 0 fully saturated rings. The third kappa shape index (κ3) is 3.32. The van der Waals surface area contributed by atoms with Crippen molar-refractivity contribution in [2.24, 2.45) is 0 Å². The maximum atomic E-state index is 3.73. The molecule has 0 saturated heterocycles. The second-order valence-corrected chi connectivity index (χ2v) is 7.25. The van der Waals surface area contributed by atoms with Gasteiger partial charge >= 0.3 is 0 Å². The lowest BCUT2D eigenvalue weighted by Crippen LogP contribution is -2.07. The van der Waals surface area contributed by atoms with Gasteiger partial charge in [0, 0.05) is 15.4 Å². The minimum absolute atomic E-state index is 0.401. The fourth-order valence-electron chi connectivity index (χ4n) is 3.18. The smallest absolute Gasteiger partial charge is 0.0578 e. The van der Waals surface area contributed by atoms with Crippen molar-refractivity contribution in [3.63, 3.8) is 0 Å². The number of para-hydroxylation sites is 1. The van der Waals surface area contributed by atoms with Crippen LogP contribution in [0.2, 0.25) is 0 Å². The van der Waals surface area contributed by atoms with Gasteiger partial charge in [0.05, 0.1) is 6.04 Å². The van der Waals surface area contributed by atoms with E-state index in [2.05, 4.69) is 49.5 Å². The van der Waals surface area contributed by atoms with Gasteiger partial charge in [0.2, 0.25) is 0 Å². The van der Waals surface area contributed by atoms with E-state index in [1.165, 1.54) is 48.2 Å². The highest BCUT2D eigenvalue weighted by Gasteiger charge is 2.17. The van der Waals surface area contributed by atoms with Crippen LogP contribution in [0.1, 0.15) is 60.0 Å². The molecule has 1 atom stereocenters. The Morgan fingerprint density at radius 3 is 2.81 bits per heavy atom. The van der Waals surface area contributed by atoms with Crippen molar-refractivity contribution in [1.29, 1.82) is 0 Å². The molecule has 1 N–H and O–H groups in total. The number of thiophene rings is 1. The van der Waals surface area contributed by atoms with E-state index in [-0.39, 0.29) is 0 Å². The lowest BCUT2D eigenvalue weighted by Gasteiger charge is -2.17.